The number of ether oxygens (including phenoxy) is 4. The van der Waals surface area contributed by atoms with Gasteiger partial charge in [-0.05, 0) is 70.6 Å². The van der Waals surface area contributed by atoms with Crippen LogP contribution in [-0.2, 0) is 23.7 Å². The molecule has 0 saturated carbocycles. The third-order valence-electron chi connectivity index (χ3n) is 17.1. The number of allylic oxidation sites excluding steroid dienone is 11. The first-order chi connectivity index (χ1) is 42.6. The molecule has 0 aromatic carbocycles. The van der Waals surface area contributed by atoms with Gasteiger partial charge in [0.15, 0.2) is 12.6 Å². The molecule has 0 spiro atoms. The van der Waals surface area contributed by atoms with Gasteiger partial charge < -0.3 is 65.1 Å². The maximum Gasteiger partial charge on any atom is 0.220 e. The van der Waals surface area contributed by atoms with Gasteiger partial charge in [-0.3, -0.25) is 4.79 Å². The van der Waals surface area contributed by atoms with Crippen LogP contribution in [0.25, 0.3) is 0 Å². The van der Waals surface area contributed by atoms with Gasteiger partial charge in [-0.1, -0.05) is 286 Å². The number of amides is 1. The Morgan fingerprint density at radius 2 is 0.805 bits per heavy atom. The van der Waals surface area contributed by atoms with Crippen molar-refractivity contribution < 1.29 is 64.6 Å². The lowest BCUT2D eigenvalue weighted by molar-refractivity contribution is -0.359. The molecule has 2 rings (SSSR count). The number of unbranched alkanes of at least 4 members (excludes halogenated alkanes) is 35. The number of carbonyl (C=O) groups is 1. The van der Waals surface area contributed by atoms with E-state index in [1.165, 1.54) is 199 Å². The first kappa shape index (κ1) is 80.5. The molecule has 2 aliphatic heterocycles. The highest BCUT2D eigenvalue weighted by Gasteiger charge is 2.51. The summed E-state index contributed by atoms with van der Waals surface area (Å²) in [6.07, 6.45) is 61.4. The molecule has 0 radical (unpaired) electrons. The van der Waals surface area contributed by atoms with Gasteiger partial charge in [0.05, 0.1) is 32.0 Å². The van der Waals surface area contributed by atoms with E-state index in [1.807, 2.05) is 6.08 Å². The molecule has 0 aliphatic carbocycles. The van der Waals surface area contributed by atoms with Crippen LogP contribution in [0.15, 0.2) is 72.9 Å². The predicted octanol–water partition coefficient (Wildman–Crippen LogP) is 14.6. The molecule has 87 heavy (non-hydrogen) atoms. The van der Waals surface area contributed by atoms with Gasteiger partial charge >= 0.3 is 0 Å². The Hall–Kier alpha value is -2.57. The predicted molar refractivity (Wildman–Crippen MR) is 355 cm³/mol. The summed E-state index contributed by atoms with van der Waals surface area (Å²) in [4.78, 5) is 13.3. The topological polar surface area (TPSA) is 228 Å². The summed E-state index contributed by atoms with van der Waals surface area (Å²) in [5.41, 5.74) is 0. The van der Waals surface area contributed by atoms with Gasteiger partial charge in [-0.25, -0.2) is 0 Å². The zero-order chi connectivity index (χ0) is 63.1. The van der Waals surface area contributed by atoms with E-state index >= 15 is 0 Å². The minimum Gasteiger partial charge on any atom is -0.394 e. The van der Waals surface area contributed by atoms with Crippen LogP contribution in [0.3, 0.4) is 0 Å². The second kappa shape index (κ2) is 57.3. The van der Waals surface area contributed by atoms with Crippen molar-refractivity contribution in [1.29, 1.82) is 0 Å². The smallest absolute Gasteiger partial charge is 0.220 e. The first-order valence-corrected chi connectivity index (χ1v) is 35.7. The van der Waals surface area contributed by atoms with Crippen molar-refractivity contribution in [2.45, 2.75) is 364 Å². The molecule has 9 N–H and O–H groups in total. The number of aliphatic hydroxyl groups is 8. The zero-order valence-electron chi connectivity index (χ0n) is 55.0. The average molecular weight is 1230 g/mol. The molecular weight excluding hydrogens is 1100 g/mol. The number of rotatable bonds is 58. The number of nitrogens with one attached hydrogen (secondary N) is 1. The Labute approximate surface area is 529 Å². The molecule has 0 aromatic rings. The van der Waals surface area contributed by atoms with Gasteiger partial charge in [-0.2, -0.15) is 0 Å². The van der Waals surface area contributed by atoms with Crippen molar-refractivity contribution in [3.63, 3.8) is 0 Å². The number of aliphatic hydroxyl groups excluding tert-OH is 8. The molecule has 0 bridgehead atoms. The molecule has 506 valence electrons. The van der Waals surface area contributed by atoms with Gasteiger partial charge in [0.1, 0.15) is 48.8 Å². The van der Waals surface area contributed by atoms with E-state index in [4.69, 9.17) is 18.9 Å². The summed E-state index contributed by atoms with van der Waals surface area (Å²) in [5.74, 6) is -0.246. The number of hydrogen-bond donors (Lipinski definition) is 9. The number of hydrogen-bond acceptors (Lipinski definition) is 13. The van der Waals surface area contributed by atoms with Crippen LogP contribution in [0, 0.1) is 0 Å². The molecule has 2 heterocycles. The Bertz CT molecular complexity index is 1740. The normalized spacial score (nSPS) is 23.7. The van der Waals surface area contributed by atoms with Crippen molar-refractivity contribution in [2.75, 3.05) is 19.8 Å². The van der Waals surface area contributed by atoms with E-state index in [-0.39, 0.29) is 18.9 Å². The first-order valence-electron chi connectivity index (χ1n) is 35.7. The molecular formula is C73H131NO13. The maximum atomic E-state index is 13.3. The minimum atomic E-state index is -1.79. The van der Waals surface area contributed by atoms with Crippen molar-refractivity contribution in [3.05, 3.63) is 72.9 Å². The van der Waals surface area contributed by atoms with Gasteiger partial charge in [0, 0.05) is 6.42 Å². The second-order valence-corrected chi connectivity index (χ2v) is 25.0. The summed E-state index contributed by atoms with van der Waals surface area (Å²) >= 11 is 0. The molecule has 2 fully saturated rings. The van der Waals surface area contributed by atoms with Crippen LogP contribution in [0.2, 0.25) is 0 Å². The molecule has 1 amide bonds. The molecule has 14 nitrogen and oxygen atoms in total. The van der Waals surface area contributed by atoms with E-state index < -0.39 is 86.8 Å². The lowest BCUT2D eigenvalue weighted by Crippen LogP contribution is -2.65. The lowest BCUT2D eigenvalue weighted by atomic mass is 9.97. The lowest BCUT2D eigenvalue weighted by Gasteiger charge is -2.46. The average Bonchev–Trinajstić information content (AvgIpc) is 2.05. The Kier molecular flexibility index (Phi) is 53.1. The van der Waals surface area contributed by atoms with Crippen LogP contribution in [0.4, 0.5) is 0 Å². The summed E-state index contributed by atoms with van der Waals surface area (Å²) in [5, 5.41) is 87.2. The monoisotopic (exact) mass is 1230 g/mol. The van der Waals surface area contributed by atoms with Gasteiger partial charge in [0.2, 0.25) is 5.91 Å². The summed E-state index contributed by atoms with van der Waals surface area (Å²) in [7, 11) is 0. The zero-order valence-corrected chi connectivity index (χ0v) is 55.0. The highest BCUT2D eigenvalue weighted by molar-refractivity contribution is 5.76. The summed E-state index contributed by atoms with van der Waals surface area (Å²) in [6.45, 7) is 2.68. The second-order valence-electron chi connectivity index (χ2n) is 25.0. The Morgan fingerprint density at radius 3 is 1.26 bits per heavy atom. The van der Waals surface area contributed by atoms with Crippen LogP contribution in [-0.4, -0.2) is 140 Å². The molecule has 2 saturated heterocycles. The van der Waals surface area contributed by atoms with E-state index in [9.17, 15) is 45.6 Å². The third-order valence-corrected chi connectivity index (χ3v) is 17.1. The molecule has 12 unspecified atom stereocenters. The largest absolute Gasteiger partial charge is 0.394 e. The van der Waals surface area contributed by atoms with Crippen LogP contribution < -0.4 is 5.32 Å². The van der Waals surface area contributed by atoms with E-state index in [0.717, 1.165) is 57.8 Å². The maximum absolute atomic E-state index is 13.3. The fourth-order valence-electron chi connectivity index (χ4n) is 11.5. The van der Waals surface area contributed by atoms with Crippen molar-refractivity contribution >= 4 is 5.91 Å². The standard InChI is InChI=1S/C73H131NO13/c1-3-5-7-9-11-13-15-17-19-20-21-22-23-24-25-26-27-28-29-30-31-32-33-34-35-36-37-38-39-40-41-42-43-45-47-49-51-53-55-57-65(78)74-61(62(77)56-54-52-50-48-46-44-18-16-14-12-10-8-6-4-2)60-84-72-70(83)68(81)71(64(59-76)86-72)87-73-69(82)67(80)66(79)63(58-75)85-73/h5,7,11,13,17,19,21-22,46,48,54,56,61-64,66-73,75-77,79-83H,3-4,6,8-10,12,14-16,18,20,23-45,47,49-53,55,57-60H2,1-2H3,(H,74,78)/b7-5-,13-11-,19-17-,22-21-,48-46+,56-54+. The van der Waals surface area contributed by atoms with Gasteiger partial charge in [-0.15, -0.1) is 0 Å². The minimum absolute atomic E-state index is 0.246. The van der Waals surface area contributed by atoms with Crippen LogP contribution in [0.1, 0.15) is 290 Å². The van der Waals surface area contributed by atoms with E-state index in [2.05, 4.69) is 79.9 Å². The number of carbonyl (C=O) groups excluding carboxylic acids is 1. The fraction of sp³-hybridized carbons (Fsp3) is 0.822. The van der Waals surface area contributed by atoms with Crippen molar-refractivity contribution in [3.8, 4) is 0 Å². The molecule has 0 aromatic heterocycles. The molecule has 14 heteroatoms. The van der Waals surface area contributed by atoms with Crippen molar-refractivity contribution in [1.82, 2.24) is 5.32 Å². The summed E-state index contributed by atoms with van der Waals surface area (Å²) < 4.78 is 22.8. The SMILES string of the molecule is CC/C=C\C/C=C\C/C=C\C/C=C\CCCCCCCCCCCCCCCCCCCCCCCCCCCCC(=O)NC(COC1OC(CO)C(OC2OC(CO)C(O)C(O)C2O)C(O)C1O)C(O)/C=C/CC/C=C/CCCCCCCCCC. The Balaban J connectivity index is 1.56. The highest BCUT2D eigenvalue weighted by Crippen LogP contribution is 2.30. The van der Waals surface area contributed by atoms with E-state index in [1.54, 1.807) is 6.08 Å². The Morgan fingerprint density at radius 1 is 0.425 bits per heavy atom. The highest BCUT2D eigenvalue weighted by atomic mass is 16.7. The fourth-order valence-corrected chi connectivity index (χ4v) is 11.5. The molecule has 12 atom stereocenters. The quantitative estimate of drug-likeness (QED) is 0.0204. The van der Waals surface area contributed by atoms with Gasteiger partial charge in [0.25, 0.3) is 0 Å². The molecule has 2 aliphatic rings. The van der Waals surface area contributed by atoms with Crippen LogP contribution in [0.5, 0.6) is 0 Å². The van der Waals surface area contributed by atoms with Crippen molar-refractivity contribution in [2.24, 2.45) is 0 Å². The third kappa shape index (κ3) is 41.5. The van der Waals surface area contributed by atoms with Crippen LogP contribution >= 0.6 is 0 Å². The van der Waals surface area contributed by atoms with E-state index in [0.29, 0.717) is 12.8 Å². The summed E-state index contributed by atoms with van der Waals surface area (Å²) in [6, 6.07) is -0.931.